The zero-order valence-electron chi connectivity index (χ0n) is 46.3. The van der Waals surface area contributed by atoms with E-state index in [0.717, 1.165) is 18.4 Å². The summed E-state index contributed by atoms with van der Waals surface area (Å²) in [5.74, 6) is 0.0693. The first-order chi connectivity index (χ1) is 37.0. The first-order valence-electron chi connectivity index (χ1n) is 28.7. The molecule has 0 radical (unpaired) electrons. The molecule has 26 atom stereocenters. The fraction of sp³-hybridized carbons (Fsp3) is 0.857. The van der Waals surface area contributed by atoms with Crippen LogP contribution in [0.5, 0.6) is 0 Å². The molecular formula is C56H84O21S2. The fourth-order valence-corrected chi connectivity index (χ4v) is 16.4. The molecule has 0 aromatic carbocycles. The summed E-state index contributed by atoms with van der Waals surface area (Å²) >= 11 is 0. The van der Waals surface area contributed by atoms with Crippen LogP contribution in [0.4, 0.5) is 0 Å². The van der Waals surface area contributed by atoms with Gasteiger partial charge in [0.25, 0.3) is 0 Å². The molecule has 0 aliphatic carbocycles. The summed E-state index contributed by atoms with van der Waals surface area (Å²) in [6.07, 6.45) is 2.61. The van der Waals surface area contributed by atoms with Crippen LogP contribution >= 0.6 is 0 Å². The van der Waals surface area contributed by atoms with Crippen LogP contribution < -0.4 is 0 Å². The Balaban J connectivity index is 0.745. The summed E-state index contributed by atoms with van der Waals surface area (Å²) < 4.78 is 151. The Labute approximate surface area is 465 Å². The third-order valence-electron chi connectivity index (χ3n) is 19.8. The number of allylic oxidation sites excluding steroid dienone is 3. The Morgan fingerprint density at radius 3 is 1.92 bits per heavy atom. The number of fused-ring (bicyclic) bond motifs is 10. The maximum Gasteiger partial charge on any atom is 0.397 e. The van der Waals surface area contributed by atoms with Crippen molar-refractivity contribution in [3.05, 3.63) is 49.1 Å². The third-order valence-corrected chi connectivity index (χ3v) is 20.8. The van der Waals surface area contributed by atoms with Gasteiger partial charge in [0.15, 0.2) is 0 Å². The molecule has 11 rings (SSSR count). The van der Waals surface area contributed by atoms with Gasteiger partial charge in [-0.1, -0.05) is 43.9 Å². The van der Waals surface area contributed by atoms with Gasteiger partial charge < -0.3 is 62.3 Å². The smallest absolute Gasteiger partial charge is 0.387 e. The van der Waals surface area contributed by atoms with Crippen molar-refractivity contribution in [3.8, 4) is 0 Å². The van der Waals surface area contributed by atoms with E-state index in [1.165, 1.54) is 0 Å². The number of aliphatic hydroxyl groups is 2. The van der Waals surface area contributed by atoms with E-state index in [0.29, 0.717) is 69.8 Å². The van der Waals surface area contributed by atoms with Crippen molar-refractivity contribution < 1.29 is 96.6 Å². The molecule has 0 spiro atoms. The van der Waals surface area contributed by atoms with Gasteiger partial charge in [0.1, 0.15) is 35.6 Å². The van der Waals surface area contributed by atoms with E-state index in [9.17, 15) is 31.6 Å². The second kappa shape index (κ2) is 21.6. The molecule has 0 aromatic heterocycles. The Hall–Kier alpha value is -1.82. The number of aliphatic hydroxyl groups excluding tert-OH is 1. The standard InChI is InChI=1S/C56H84O21S2/c1-10-12-29(2)13-17-52(5,58)51-31(4)21-40-39(72-51)27-47-56(9,75-40)50(57)49-43(71-47)25-42-48(73-49)30(3)14-18-54(7)45(70-42)28-44-55(8,77-54)19-15-32-33(69-44)22-35-34(66-32)23-36-37(67-35)24-41-38(68-36)26-46(76-79(62,63)64)53(6,74-41)16-11-20-65-78(59,60)61/h10,13,17,30,32-51,57-58H,1-2,4,11-12,14-16,18-28H2,3,5-9H3,(H,59,60,61)(H,62,63,64). The molecule has 446 valence electrons. The lowest BCUT2D eigenvalue weighted by Gasteiger charge is -2.61. The largest absolute Gasteiger partial charge is 0.397 e. The van der Waals surface area contributed by atoms with Crippen molar-refractivity contribution in [2.45, 2.75) is 288 Å². The lowest BCUT2D eigenvalue weighted by atomic mass is 9.73. The second-order valence-corrected chi connectivity index (χ2v) is 28.0. The van der Waals surface area contributed by atoms with Gasteiger partial charge in [-0.05, 0) is 97.5 Å². The Morgan fingerprint density at radius 2 is 1.27 bits per heavy atom. The maximum atomic E-state index is 12.3. The Morgan fingerprint density at radius 1 is 0.696 bits per heavy atom. The van der Waals surface area contributed by atoms with Crippen LogP contribution in [-0.2, 0) is 81.3 Å². The molecule has 26 unspecified atom stereocenters. The van der Waals surface area contributed by atoms with Crippen molar-refractivity contribution in [1.29, 1.82) is 0 Å². The summed E-state index contributed by atoms with van der Waals surface area (Å²) in [5, 5.41) is 24.0. The van der Waals surface area contributed by atoms with E-state index in [1.54, 1.807) is 32.1 Å². The highest BCUT2D eigenvalue weighted by atomic mass is 32.3. The summed E-state index contributed by atoms with van der Waals surface area (Å²) in [6, 6.07) is 0. The minimum Gasteiger partial charge on any atom is -0.387 e. The average molecular weight is 1160 g/mol. The first kappa shape index (κ1) is 58.9. The highest BCUT2D eigenvalue weighted by molar-refractivity contribution is 7.81. The van der Waals surface area contributed by atoms with Crippen LogP contribution in [0.25, 0.3) is 0 Å². The normalized spacial score (nSPS) is 50.5. The van der Waals surface area contributed by atoms with E-state index < -0.39 is 116 Å². The van der Waals surface area contributed by atoms with Gasteiger partial charge >= 0.3 is 20.8 Å². The molecule has 11 fully saturated rings. The van der Waals surface area contributed by atoms with Crippen molar-refractivity contribution in [2.24, 2.45) is 5.92 Å². The van der Waals surface area contributed by atoms with Crippen molar-refractivity contribution in [1.82, 2.24) is 0 Å². The molecule has 0 amide bonds. The lowest BCUT2D eigenvalue weighted by Crippen LogP contribution is -2.74. The van der Waals surface area contributed by atoms with Gasteiger partial charge in [-0.3, -0.25) is 9.11 Å². The van der Waals surface area contributed by atoms with Crippen LogP contribution in [0.15, 0.2) is 49.1 Å². The van der Waals surface area contributed by atoms with Gasteiger partial charge in [-0.25, -0.2) is 8.37 Å². The number of hydrogen-bond acceptors (Lipinski definition) is 19. The molecule has 23 heteroatoms. The molecule has 11 saturated heterocycles. The topological polar surface area (TPSA) is 269 Å². The SMILES string of the molecule is C=CCC(=C)C=CC(C)(O)C1OC2CC3OC4CC5OC6CC7OC8CC9OC%10CC%11OC(C)(CCCOS(=O)(=O)O)C(OS(=O)(=O)O)CC%11OC%10CC9OC8CCC7(C)OC6(C)CCC(C)C5OC4C(O)C3(C)OC2CC1=C. The number of hydrogen-bond donors (Lipinski definition) is 4. The van der Waals surface area contributed by atoms with E-state index in [2.05, 4.69) is 44.7 Å². The molecule has 0 aromatic rings. The molecule has 11 aliphatic rings. The maximum absolute atomic E-state index is 12.3. The molecule has 21 nitrogen and oxygen atoms in total. The predicted octanol–water partition coefficient (Wildman–Crippen LogP) is 5.45. The number of rotatable bonds is 12. The quantitative estimate of drug-likeness (QED) is 0.0819. The van der Waals surface area contributed by atoms with Gasteiger partial charge in [-0.15, -0.1) is 6.58 Å². The third kappa shape index (κ3) is 11.7. The van der Waals surface area contributed by atoms with E-state index in [-0.39, 0.29) is 86.7 Å². The van der Waals surface area contributed by atoms with Crippen LogP contribution in [0, 0.1) is 5.92 Å². The monoisotopic (exact) mass is 1160 g/mol. The summed E-state index contributed by atoms with van der Waals surface area (Å²) in [7, 11) is -9.60. The van der Waals surface area contributed by atoms with E-state index in [4.69, 9.17) is 60.8 Å². The predicted molar refractivity (Wildman–Crippen MR) is 280 cm³/mol. The summed E-state index contributed by atoms with van der Waals surface area (Å²) in [5.41, 5.74) is -3.54. The van der Waals surface area contributed by atoms with Crippen molar-refractivity contribution in [3.63, 3.8) is 0 Å². The molecule has 11 heterocycles. The fourth-order valence-electron chi connectivity index (χ4n) is 15.5. The van der Waals surface area contributed by atoms with Crippen LogP contribution in [0.2, 0.25) is 0 Å². The molecular weight excluding hydrogens is 1070 g/mol. The zero-order chi connectivity index (χ0) is 56.4. The molecule has 0 bridgehead atoms. The Kier molecular flexibility index (Phi) is 16.1. The average Bonchev–Trinajstić information content (AvgIpc) is 3.76. The van der Waals surface area contributed by atoms with Crippen molar-refractivity contribution in [2.75, 3.05) is 6.61 Å². The Bertz CT molecular complexity index is 2560. The molecule has 4 N–H and O–H groups in total. The van der Waals surface area contributed by atoms with Crippen LogP contribution in [0.3, 0.4) is 0 Å². The van der Waals surface area contributed by atoms with Gasteiger partial charge in [0.2, 0.25) is 0 Å². The number of ether oxygens (including phenoxy) is 11. The van der Waals surface area contributed by atoms with E-state index in [1.807, 2.05) is 6.92 Å². The highest BCUT2D eigenvalue weighted by Crippen LogP contribution is 2.54. The van der Waals surface area contributed by atoms with E-state index >= 15 is 0 Å². The van der Waals surface area contributed by atoms with Gasteiger partial charge in [-0.2, -0.15) is 16.8 Å². The second-order valence-electron chi connectivity index (χ2n) is 25.9. The van der Waals surface area contributed by atoms with Crippen molar-refractivity contribution >= 4 is 20.8 Å². The zero-order valence-corrected chi connectivity index (χ0v) is 48.0. The van der Waals surface area contributed by atoms with Crippen LogP contribution in [-0.4, -0.2) is 193 Å². The summed E-state index contributed by atoms with van der Waals surface area (Å²) in [6.45, 7) is 23.5. The molecule has 79 heavy (non-hydrogen) atoms. The van der Waals surface area contributed by atoms with Crippen LogP contribution in [0.1, 0.15) is 138 Å². The first-order valence-corrected chi connectivity index (χ1v) is 31.4. The minimum absolute atomic E-state index is 0.0618. The highest BCUT2D eigenvalue weighted by Gasteiger charge is 2.65. The van der Waals surface area contributed by atoms with Gasteiger partial charge in [0, 0.05) is 44.9 Å². The molecule has 0 saturated carbocycles. The van der Waals surface area contributed by atoms with Gasteiger partial charge in [0.05, 0.1) is 121 Å². The molecule has 11 aliphatic heterocycles. The lowest BCUT2D eigenvalue weighted by molar-refractivity contribution is -0.369. The minimum atomic E-state index is -4.91. The summed E-state index contributed by atoms with van der Waals surface area (Å²) in [4.78, 5) is 0.